The van der Waals surface area contributed by atoms with E-state index in [1.807, 2.05) is 10.5 Å². The molecule has 2 aromatic heterocycles. The summed E-state index contributed by atoms with van der Waals surface area (Å²) in [7, 11) is 0. The maximum Gasteiger partial charge on any atom is 0.198 e. The molecule has 0 fully saturated rings. The Hall–Kier alpha value is -0.360. The monoisotopic (exact) mass is 279 g/mol. The van der Waals surface area contributed by atoms with Gasteiger partial charge in [0.15, 0.2) is 9.48 Å². The third-order valence-corrected chi connectivity index (χ3v) is 2.28. The second kappa shape index (κ2) is 2.60. The van der Waals surface area contributed by atoms with Crippen molar-refractivity contribution in [2.24, 2.45) is 0 Å². The molecule has 0 aliphatic rings. The van der Waals surface area contributed by atoms with E-state index in [4.69, 9.17) is 11.6 Å². The van der Waals surface area contributed by atoms with Crippen molar-refractivity contribution in [2.75, 3.05) is 0 Å². The first-order chi connectivity index (χ1) is 5.27. The third kappa shape index (κ3) is 1.20. The molecule has 2 aromatic rings. The zero-order chi connectivity index (χ0) is 7.84. The van der Waals surface area contributed by atoms with E-state index >= 15 is 0 Å². The van der Waals surface area contributed by atoms with Gasteiger partial charge in [-0.3, -0.25) is 4.40 Å². The van der Waals surface area contributed by atoms with Gasteiger partial charge in [0.2, 0.25) is 0 Å². The lowest BCUT2D eigenvalue weighted by Gasteiger charge is -1.92. The molecule has 0 spiro atoms. The van der Waals surface area contributed by atoms with Crippen LogP contribution in [0.3, 0.4) is 0 Å². The van der Waals surface area contributed by atoms with E-state index in [9.17, 15) is 0 Å². The van der Waals surface area contributed by atoms with Gasteiger partial charge in [0, 0.05) is 28.8 Å². The minimum absolute atomic E-state index is 0.690. The highest BCUT2D eigenvalue weighted by Gasteiger charge is 2.00. The van der Waals surface area contributed by atoms with E-state index in [1.54, 1.807) is 12.3 Å². The van der Waals surface area contributed by atoms with Crippen LogP contribution in [0.5, 0.6) is 0 Å². The summed E-state index contributed by atoms with van der Waals surface area (Å²) in [4.78, 5) is 0. The molecule has 5 heteroatoms. The fraction of sp³-hybridized carbons (Fsp3) is 0. The van der Waals surface area contributed by atoms with Crippen molar-refractivity contribution < 1.29 is 0 Å². The van der Waals surface area contributed by atoms with Crippen LogP contribution < -0.4 is 0 Å². The quantitative estimate of drug-likeness (QED) is 0.690. The number of hydrogen-bond donors (Lipinski definition) is 0. The Balaban J connectivity index is 2.87. The fourth-order valence-corrected chi connectivity index (χ4v) is 1.49. The van der Waals surface area contributed by atoms with E-state index in [1.165, 1.54) is 0 Å². The fourth-order valence-electron chi connectivity index (χ4n) is 0.837. The van der Waals surface area contributed by atoms with Crippen LogP contribution in [0.15, 0.2) is 18.3 Å². The van der Waals surface area contributed by atoms with Crippen molar-refractivity contribution in [1.82, 2.24) is 14.6 Å². The van der Waals surface area contributed by atoms with Crippen molar-refractivity contribution in [3.8, 4) is 0 Å². The minimum atomic E-state index is 0.690. The second-order valence-electron chi connectivity index (χ2n) is 2.04. The van der Waals surface area contributed by atoms with Crippen molar-refractivity contribution >= 4 is 39.8 Å². The molecule has 0 bridgehead atoms. The number of hydrogen-bond acceptors (Lipinski definition) is 2. The first-order valence-corrected chi connectivity index (χ1v) is 4.39. The first-order valence-electron chi connectivity index (χ1n) is 2.93. The molecular formula is C6H3ClIN3. The van der Waals surface area contributed by atoms with Crippen LogP contribution in [0, 0.1) is 3.83 Å². The number of nitrogens with zero attached hydrogens (tertiary/aromatic N) is 3. The van der Waals surface area contributed by atoms with E-state index in [2.05, 4.69) is 32.8 Å². The van der Waals surface area contributed by atoms with Gasteiger partial charge >= 0.3 is 0 Å². The summed E-state index contributed by atoms with van der Waals surface area (Å²) in [5, 5.41) is 8.47. The van der Waals surface area contributed by atoms with Gasteiger partial charge in [-0.25, -0.2) is 0 Å². The molecule has 0 unspecified atom stereocenters. The third-order valence-electron chi connectivity index (χ3n) is 1.32. The molecule has 0 radical (unpaired) electrons. The zero-order valence-electron chi connectivity index (χ0n) is 5.33. The molecular weight excluding hydrogens is 276 g/mol. The van der Waals surface area contributed by atoms with Crippen LogP contribution in [0.4, 0.5) is 0 Å². The van der Waals surface area contributed by atoms with E-state index in [-0.39, 0.29) is 0 Å². The SMILES string of the molecule is Clc1ccc2nnc(I)n2c1. The first kappa shape index (κ1) is 7.30. The highest BCUT2D eigenvalue weighted by Crippen LogP contribution is 2.11. The van der Waals surface area contributed by atoms with Crippen LogP contribution in [0.1, 0.15) is 0 Å². The molecule has 2 heterocycles. The molecule has 3 nitrogen and oxygen atoms in total. The summed E-state index contributed by atoms with van der Waals surface area (Å²) in [5.41, 5.74) is 0.818. The molecule has 56 valence electrons. The molecule has 2 rings (SSSR count). The lowest BCUT2D eigenvalue weighted by Crippen LogP contribution is -1.85. The summed E-state index contributed by atoms with van der Waals surface area (Å²) in [5.74, 6) is 0. The van der Waals surface area contributed by atoms with Crippen molar-refractivity contribution in [3.05, 3.63) is 27.2 Å². The number of fused-ring (bicyclic) bond motifs is 1. The van der Waals surface area contributed by atoms with Crippen LogP contribution >= 0.6 is 34.2 Å². The average Bonchev–Trinajstić information content (AvgIpc) is 2.33. The van der Waals surface area contributed by atoms with Gasteiger partial charge in [-0.15, -0.1) is 10.2 Å². The smallest absolute Gasteiger partial charge is 0.198 e. The highest BCUT2D eigenvalue weighted by molar-refractivity contribution is 14.1. The predicted octanol–water partition coefficient (Wildman–Crippen LogP) is 1.99. The largest absolute Gasteiger partial charge is 0.276 e. The molecule has 0 amide bonds. The van der Waals surface area contributed by atoms with Gasteiger partial charge < -0.3 is 0 Å². The Bertz CT molecular complexity index is 398. The topological polar surface area (TPSA) is 30.2 Å². The summed E-state index contributed by atoms with van der Waals surface area (Å²) >= 11 is 7.87. The summed E-state index contributed by atoms with van der Waals surface area (Å²) in [6.07, 6.45) is 1.79. The maximum atomic E-state index is 5.77. The molecule has 11 heavy (non-hydrogen) atoms. The van der Waals surface area contributed by atoms with Crippen LogP contribution in [0.2, 0.25) is 5.02 Å². The Morgan fingerprint density at radius 1 is 1.36 bits per heavy atom. The standard InChI is InChI=1S/C6H3ClIN3/c7-4-1-2-5-9-10-6(8)11(5)3-4/h1-3H. The van der Waals surface area contributed by atoms with Gasteiger partial charge in [0.05, 0.1) is 5.02 Å². The van der Waals surface area contributed by atoms with Gasteiger partial charge in [-0.2, -0.15) is 0 Å². The van der Waals surface area contributed by atoms with Crippen molar-refractivity contribution in [3.63, 3.8) is 0 Å². The van der Waals surface area contributed by atoms with E-state index < -0.39 is 0 Å². The van der Waals surface area contributed by atoms with Gasteiger partial charge in [0.25, 0.3) is 0 Å². The number of rotatable bonds is 0. The van der Waals surface area contributed by atoms with Gasteiger partial charge in [-0.05, 0) is 12.1 Å². The molecule has 0 atom stereocenters. The van der Waals surface area contributed by atoms with E-state index in [0.29, 0.717) is 5.02 Å². The van der Waals surface area contributed by atoms with Gasteiger partial charge in [0.1, 0.15) is 0 Å². The maximum absolute atomic E-state index is 5.77. The van der Waals surface area contributed by atoms with Crippen molar-refractivity contribution in [1.29, 1.82) is 0 Å². The summed E-state index contributed by atoms with van der Waals surface area (Å²) in [6.45, 7) is 0. The van der Waals surface area contributed by atoms with Crippen molar-refractivity contribution in [2.45, 2.75) is 0 Å². The van der Waals surface area contributed by atoms with Gasteiger partial charge in [-0.1, -0.05) is 11.6 Å². The van der Waals surface area contributed by atoms with Crippen LogP contribution in [0.25, 0.3) is 5.65 Å². The Labute approximate surface area is 81.5 Å². The van der Waals surface area contributed by atoms with E-state index in [0.717, 1.165) is 9.48 Å². The summed E-state index contributed by atoms with van der Waals surface area (Å²) < 4.78 is 2.66. The normalized spacial score (nSPS) is 10.7. The minimum Gasteiger partial charge on any atom is -0.276 e. The second-order valence-corrected chi connectivity index (χ2v) is 3.45. The number of halogens is 2. The molecule has 0 aliphatic carbocycles. The van der Waals surface area contributed by atoms with Crippen LogP contribution in [-0.2, 0) is 0 Å². The Morgan fingerprint density at radius 2 is 2.18 bits per heavy atom. The Morgan fingerprint density at radius 3 is 3.00 bits per heavy atom. The average molecular weight is 279 g/mol. The molecule has 0 aliphatic heterocycles. The predicted molar refractivity (Wildman–Crippen MR) is 50.7 cm³/mol. The molecule has 0 saturated heterocycles. The van der Waals surface area contributed by atoms with Crippen LogP contribution in [-0.4, -0.2) is 14.6 Å². The zero-order valence-corrected chi connectivity index (χ0v) is 8.24. The molecule has 0 aromatic carbocycles. The molecule has 0 saturated carbocycles. The highest BCUT2D eigenvalue weighted by atomic mass is 127. The summed E-state index contributed by atoms with van der Waals surface area (Å²) in [6, 6.07) is 3.62. The number of pyridine rings is 1. The lowest BCUT2D eigenvalue weighted by molar-refractivity contribution is 1.05. The lowest BCUT2D eigenvalue weighted by atomic mass is 10.5. The molecule has 0 N–H and O–H groups in total. The Kier molecular flexibility index (Phi) is 1.72. The number of aromatic nitrogens is 3.